The van der Waals surface area contributed by atoms with E-state index in [9.17, 15) is 13.5 Å². The fraction of sp³-hybridized carbons (Fsp3) is 0.333. The first-order valence-electron chi connectivity index (χ1n) is 11.4. The summed E-state index contributed by atoms with van der Waals surface area (Å²) in [5.74, 6) is 0.863. The third kappa shape index (κ3) is 5.28. The number of sulfone groups is 1. The number of aliphatic hydroxyl groups is 1. The molecule has 1 aliphatic rings. The highest BCUT2D eigenvalue weighted by molar-refractivity contribution is 7.92. The van der Waals surface area contributed by atoms with Gasteiger partial charge in [0.1, 0.15) is 16.6 Å². The predicted molar refractivity (Wildman–Crippen MR) is 143 cm³/mol. The van der Waals surface area contributed by atoms with Crippen LogP contribution in [0, 0.1) is 0 Å². The first kappa shape index (κ1) is 25.8. The first-order valence-corrected chi connectivity index (χ1v) is 13.3. The van der Waals surface area contributed by atoms with E-state index in [1.54, 1.807) is 39.2 Å². The van der Waals surface area contributed by atoms with Crippen molar-refractivity contribution >= 4 is 56.1 Å². The van der Waals surface area contributed by atoms with E-state index in [-0.39, 0.29) is 33.6 Å². The van der Waals surface area contributed by atoms with Gasteiger partial charge in [0.2, 0.25) is 5.95 Å². The average molecular weight is 533 g/mol. The zero-order valence-electron chi connectivity index (χ0n) is 20.2. The number of hydrogen-bond donors (Lipinski definition) is 4. The van der Waals surface area contributed by atoms with Crippen molar-refractivity contribution < 1.29 is 18.3 Å². The average Bonchev–Trinajstić information content (AvgIpc) is 3.28. The van der Waals surface area contributed by atoms with Gasteiger partial charge in [-0.25, -0.2) is 8.42 Å². The van der Waals surface area contributed by atoms with Gasteiger partial charge in [-0.05, 0) is 44.5 Å². The summed E-state index contributed by atoms with van der Waals surface area (Å²) in [6.07, 6.45) is 0.378. The molecule has 5 N–H and O–H groups in total. The third-order valence-electron chi connectivity index (χ3n) is 5.90. The highest BCUT2D eigenvalue weighted by atomic mass is 35.5. The number of rotatable bonds is 8. The lowest BCUT2D eigenvalue weighted by atomic mass is 10.2. The Balaban J connectivity index is 1.64. The van der Waals surface area contributed by atoms with Crippen LogP contribution in [0.1, 0.15) is 20.3 Å². The molecule has 0 saturated carbocycles. The monoisotopic (exact) mass is 532 g/mol. The van der Waals surface area contributed by atoms with Crippen LogP contribution >= 0.6 is 11.6 Å². The van der Waals surface area contributed by atoms with E-state index in [0.717, 1.165) is 18.7 Å². The van der Waals surface area contributed by atoms with Crippen molar-refractivity contribution in [3.63, 3.8) is 0 Å². The number of nitrogen functional groups attached to an aromatic ring is 1. The largest absolute Gasteiger partial charge is 0.494 e. The van der Waals surface area contributed by atoms with Crippen LogP contribution in [0.15, 0.2) is 47.4 Å². The molecule has 12 heteroatoms. The van der Waals surface area contributed by atoms with Crippen LogP contribution in [-0.2, 0) is 9.84 Å². The second kappa shape index (κ2) is 10.4. The minimum atomic E-state index is -3.57. The summed E-state index contributed by atoms with van der Waals surface area (Å²) < 4.78 is 31.2. The molecule has 1 saturated heterocycles. The number of β-amino-alcohol motifs (C(OH)–C–C–N with tert-alkyl or cyclic N) is 1. The Morgan fingerprint density at radius 1 is 1.17 bits per heavy atom. The van der Waals surface area contributed by atoms with Gasteiger partial charge < -0.3 is 31.1 Å². The van der Waals surface area contributed by atoms with Gasteiger partial charge in [0.25, 0.3) is 0 Å². The summed E-state index contributed by atoms with van der Waals surface area (Å²) in [5, 5.41) is 15.4. The molecule has 1 atom stereocenters. The number of ether oxygens (including phenoxy) is 1. The quantitative estimate of drug-likeness (QED) is 0.336. The first-order chi connectivity index (χ1) is 17.1. The molecule has 3 aromatic rings. The Bertz CT molecular complexity index is 1370. The van der Waals surface area contributed by atoms with Crippen LogP contribution < -0.4 is 26.0 Å². The minimum absolute atomic E-state index is 0.0162. The van der Waals surface area contributed by atoms with E-state index in [4.69, 9.17) is 22.1 Å². The van der Waals surface area contributed by atoms with Gasteiger partial charge >= 0.3 is 0 Å². The van der Waals surface area contributed by atoms with E-state index < -0.39 is 15.1 Å². The Morgan fingerprint density at radius 3 is 2.58 bits per heavy atom. The fourth-order valence-electron chi connectivity index (χ4n) is 3.88. The molecule has 2 heterocycles. The summed E-state index contributed by atoms with van der Waals surface area (Å²) >= 11 is 6.37. The fourth-order valence-corrected chi connectivity index (χ4v) is 5.21. The van der Waals surface area contributed by atoms with E-state index in [0.29, 0.717) is 23.7 Å². The molecule has 0 bridgehead atoms. The number of nitrogens with one attached hydrogen (secondary N) is 2. The van der Waals surface area contributed by atoms with Gasteiger partial charge in [-0.3, -0.25) is 0 Å². The summed E-state index contributed by atoms with van der Waals surface area (Å²) in [6, 6.07) is 12.1. The summed E-state index contributed by atoms with van der Waals surface area (Å²) in [6.45, 7) is 4.56. The SMILES string of the molecule is COc1cc(N2CC[C@@H](O)C2)ccc1Nc1nc(N)c(Cl)c(Nc2ccccc2S(=O)(=O)C(C)C)n1. The summed E-state index contributed by atoms with van der Waals surface area (Å²) in [5.41, 5.74) is 7.89. The van der Waals surface area contributed by atoms with E-state index in [1.807, 2.05) is 18.2 Å². The molecule has 0 unspecified atom stereocenters. The Labute approximate surface area is 215 Å². The number of benzene rings is 2. The number of hydrogen-bond acceptors (Lipinski definition) is 10. The highest BCUT2D eigenvalue weighted by Crippen LogP contribution is 2.36. The zero-order chi connectivity index (χ0) is 26.0. The summed E-state index contributed by atoms with van der Waals surface area (Å²) in [7, 11) is -2.01. The zero-order valence-corrected chi connectivity index (χ0v) is 21.8. The van der Waals surface area contributed by atoms with Gasteiger partial charge in [0, 0.05) is 24.8 Å². The maximum absolute atomic E-state index is 12.8. The molecular weight excluding hydrogens is 504 g/mol. The molecule has 1 aliphatic heterocycles. The van der Waals surface area contributed by atoms with Crippen LogP contribution in [-0.4, -0.2) is 55.0 Å². The number of para-hydroxylation sites is 1. The van der Waals surface area contributed by atoms with Crippen LogP contribution in [0.4, 0.5) is 34.6 Å². The highest BCUT2D eigenvalue weighted by Gasteiger charge is 2.24. The molecule has 192 valence electrons. The number of aromatic nitrogens is 2. The van der Waals surface area contributed by atoms with Gasteiger partial charge in [-0.1, -0.05) is 23.7 Å². The van der Waals surface area contributed by atoms with Gasteiger partial charge in [-0.2, -0.15) is 9.97 Å². The topological polar surface area (TPSA) is 143 Å². The van der Waals surface area contributed by atoms with Crippen molar-refractivity contribution in [1.29, 1.82) is 0 Å². The van der Waals surface area contributed by atoms with Crippen LogP contribution in [0.5, 0.6) is 5.75 Å². The Hall–Kier alpha value is -3.28. The van der Waals surface area contributed by atoms with Crippen molar-refractivity contribution in [3.05, 3.63) is 47.5 Å². The maximum atomic E-state index is 12.8. The molecule has 2 aromatic carbocycles. The van der Waals surface area contributed by atoms with Crippen molar-refractivity contribution in [2.24, 2.45) is 0 Å². The number of aliphatic hydroxyl groups excluding tert-OH is 1. The van der Waals surface area contributed by atoms with Crippen LogP contribution in [0.3, 0.4) is 0 Å². The molecule has 4 rings (SSSR count). The number of anilines is 6. The molecule has 0 amide bonds. The number of methoxy groups -OCH3 is 1. The Morgan fingerprint density at radius 2 is 1.92 bits per heavy atom. The molecule has 36 heavy (non-hydrogen) atoms. The standard InChI is InChI=1S/C24H29ClN6O4S/c1-14(2)36(33,34)20-7-5-4-6-18(20)27-23-21(25)22(26)29-24(30-23)28-17-9-8-15(12-19(17)35-3)31-11-10-16(32)13-31/h4-9,12,14,16,32H,10-11,13H2,1-3H3,(H4,26,27,28,29,30)/t16-/m1/s1. The van der Waals surface area contributed by atoms with Gasteiger partial charge in [0.15, 0.2) is 15.7 Å². The van der Waals surface area contributed by atoms with Gasteiger partial charge in [0.05, 0.1) is 34.7 Å². The van der Waals surface area contributed by atoms with Crippen molar-refractivity contribution in [2.75, 3.05) is 41.5 Å². The second-order valence-corrected chi connectivity index (χ2v) is 11.6. The normalized spacial score (nSPS) is 15.8. The molecule has 0 spiro atoms. The smallest absolute Gasteiger partial charge is 0.231 e. The molecular formula is C24H29ClN6O4S. The minimum Gasteiger partial charge on any atom is -0.494 e. The van der Waals surface area contributed by atoms with E-state index >= 15 is 0 Å². The van der Waals surface area contributed by atoms with E-state index in [2.05, 4.69) is 25.5 Å². The molecule has 1 aromatic heterocycles. The third-order valence-corrected chi connectivity index (χ3v) is 8.49. The van der Waals surface area contributed by atoms with Gasteiger partial charge in [-0.15, -0.1) is 0 Å². The molecule has 1 fully saturated rings. The van der Waals surface area contributed by atoms with E-state index in [1.165, 1.54) is 6.07 Å². The number of nitrogens with zero attached hydrogens (tertiary/aromatic N) is 3. The molecule has 0 radical (unpaired) electrons. The van der Waals surface area contributed by atoms with Crippen molar-refractivity contribution in [1.82, 2.24) is 9.97 Å². The molecule has 0 aliphatic carbocycles. The number of nitrogens with two attached hydrogens (primary N) is 1. The maximum Gasteiger partial charge on any atom is 0.231 e. The van der Waals surface area contributed by atoms with Crippen molar-refractivity contribution in [3.8, 4) is 5.75 Å². The Kier molecular flexibility index (Phi) is 7.43. The van der Waals surface area contributed by atoms with Crippen LogP contribution in [0.25, 0.3) is 0 Å². The summed E-state index contributed by atoms with van der Waals surface area (Å²) in [4.78, 5) is 10.9. The number of halogens is 1. The lowest BCUT2D eigenvalue weighted by molar-refractivity contribution is 0.198. The predicted octanol–water partition coefficient (Wildman–Crippen LogP) is 3.96. The van der Waals surface area contributed by atoms with Crippen LogP contribution in [0.2, 0.25) is 5.02 Å². The second-order valence-electron chi connectivity index (χ2n) is 8.71. The molecule has 10 nitrogen and oxygen atoms in total. The lowest BCUT2D eigenvalue weighted by Gasteiger charge is -2.20. The lowest BCUT2D eigenvalue weighted by Crippen LogP contribution is -2.21. The van der Waals surface area contributed by atoms with Crippen molar-refractivity contribution in [2.45, 2.75) is 36.5 Å².